The van der Waals surface area contributed by atoms with Crippen LogP contribution in [-0.2, 0) is 11.3 Å². The maximum atomic E-state index is 12.5. The summed E-state index contributed by atoms with van der Waals surface area (Å²) >= 11 is 1.63. The van der Waals surface area contributed by atoms with Gasteiger partial charge in [-0.25, -0.2) is 4.68 Å². The molecule has 3 rings (SSSR count). The van der Waals surface area contributed by atoms with Gasteiger partial charge in [0.15, 0.2) is 5.69 Å². The van der Waals surface area contributed by atoms with E-state index in [1.807, 2.05) is 17.5 Å². The molecule has 3 heterocycles. The van der Waals surface area contributed by atoms with Crippen LogP contribution in [0.25, 0.3) is 0 Å². The van der Waals surface area contributed by atoms with Crippen molar-refractivity contribution >= 4 is 23.2 Å². The molecule has 128 valence electrons. The van der Waals surface area contributed by atoms with E-state index in [0.717, 1.165) is 4.88 Å². The number of piperazine rings is 1. The topological polar surface area (TPSA) is 91.6 Å². The highest BCUT2D eigenvalue weighted by Gasteiger charge is 2.27. The fraction of sp³-hybridized carbons (Fsp3) is 0.467. The van der Waals surface area contributed by atoms with Crippen molar-refractivity contribution < 1.29 is 14.7 Å². The molecule has 0 bridgehead atoms. The van der Waals surface area contributed by atoms with Crippen molar-refractivity contribution in [2.24, 2.45) is 0 Å². The number of aliphatic hydroxyl groups excluding tert-OH is 1. The molecule has 9 heteroatoms. The van der Waals surface area contributed by atoms with Crippen LogP contribution in [0.3, 0.4) is 0 Å². The Morgan fingerprint density at radius 3 is 2.62 bits per heavy atom. The Morgan fingerprint density at radius 1 is 1.29 bits per heavy atom. The molecule has 1 aliphatic rings. The molecule has 0 aliphatic carbocycles. The summed E-state index contributed by atoms with van der Waals surface area (Å²) in [4.78, 5) is 28.6. The molecule has 8 nitrogen and oxygen atoms in total. The number of carbonyl (C=O) groups excluding carboxylic acids is 2. The van der Waals surface area contributed by atoms with E-state index in [-0.39, 0.29) is 11.8 Å². The molecule has 1 fully saturated rings. The molecular weight excluding hydrogens is 330 g/mol. The first-order valence-electron chi connectivity index (χ1n) is 7.73. The van der Waals surface area contributed by atoms with Crippen molar-refractivity contribution in [3.8, 4) is 0 Å². The van der Waals surface area contributed by atoms with Crippen LogP contribution in [0.4, 0.5) is 0 Å². The highest BCUT2D eigenvalue weighted by molar-refractivity contribution is 7.09. The van der Waals surface area contributed by atoms with Gasteiger partial charge in [0, 0.05) is 31.1 Å². The summed E-state index contributed by atoms with van der Waals surface area (Å²) in [7, 11) is 0. The zero-order chi connectivity index (χ0) is 17.1. The van der Waals surface area contributed by atoms with Crippen LogP contribution in [0.5, 0.6) is 0 Å². The molecule has 1 N–H and O–H groups in total. The maximum Gasteiger partial charge on any atom is 0.276 e. The van der Waals surface area contributed by atoms with Gasteiger partial charge in [0.05, 0.1) is 12.7 Å². The number of nitrogens with zero attached hydrogens (tertiary/aromatic N) is 5. The Bertz CT molecular complexity index is 705. The first-order chi connectivity index (χ1) is 11.5. The van der Waals surface area contributed by atoms with E-state index < -0.39 is 6.10 Å². The molecule has 1 unspecified atom stereocenters. The lowest BCUT2D eigenvalue weighted by Gasteiger charge is -2.34. The van der Waals surface area contributed by atoms with E-state index >= 15 is 0 Å². The zero-order valence-corrected chi connectivity index (χ0v) is 14.1. The van der Waals surface area contributed by atoms with E-state index in [2.05, 4.69) is 10.3 Å². The van der Waals surface area contributed by atoms with Crippen molar-refractivity contribution in [3.63, 3.8) is 0 Å². The Balaban J connectivity index is 1.58. The summed E-state index contributed by atoms with van der Waals surface area (Å²) in [5.74, 6) is -0.486. The van der Waals surface area contributed by atoms with Gasteiger partial charge < -0.3 is 14.9 Å². The van der Waals surface area contributed by atoms with Gasteiger partial charge in [0.25, 0.3) is 11.8 Å². The minimum Gasteiger partial charge on any atom is -0.384 e. The van der Waals surface area contributed by atoms with E-state index in [9.17, 15) is 14.7 Å². The smallest absolute Gasteiger partial charge is 0.276 e. The Kier molecular flexibility index (Phi) is 4.91. The molecule has 0 saturated carbocycles. The van der Waals surface area contributed by atoms with Gasteiger partial charge in [-0.3, -0.25) is 9.59 Å². The second-order valence-electron chi connectivity index (χ2n) is 5.67. The van der Waals surface area contributed by atoms with Crippen molar-refractivity contribution in [3.05, 3.63) is 34.3 Å². The monoisotopic (exact) mass is 349 g/mol. The fourth-order valence-corrected chi connectivity index (χ4v) is 3.29. The van der Waals surface area contributed by atoms with Gasteiger partial charge in [-0.2, -0.15) is 0 Å². The molecule has 1 atom stereocenters. The molecule has 0 spiro atoms. The quantitative estimate of drug-likeness (QED) is 0.842. The maximum absolute atomic E-state index is 12.5. The van der Waals surface area contributed by atoms with Crippen LogP contribution in [-0.4, -0.2) is 74.0 Å². The first-order valence-corrected chi connectivity index (χ1v) is 8.61. The van der Waals surface area contributed by atoms with Crippen molar-refractivity contribution in [2.75, 3.05) is 26.2 Å². The van der Waals surface area contributed by atoms with Crippen molar-refractivity contribution in [1.82, 2.24) is 24.8 Å². The predicted octanol–water partition coefficient (Wildman–Crippen LogP) is 0.0531. The molecule has 0 radical (unpaired) electrons. The van der Waals surface area contributed by atoms with Gasteiger partial charge in [-0.05, 0) is 18.4 Å². The van der Waals surface area contributed by atoms with Gasteiger partial charge in [-0.1, -0.05) is 11.3 Å². The highest BCUT2D eigenvalue weighted by atomic mass is 32.1. The Hall–Kier alpha value is -2.26. The SMILES string of the molecule is CC(O)C(=O)N1CCN(C(=O)c2cn(Cc3cccs3)nn2)CC1. The molecule has 24 heavy (non-hydrogen) atoms. The molecule has 0 aromatic carbocycles. The number of carbonyl (C=O) groups is 2. The first kappa shape index (κ1) is 16.6. The third kappa shape index (κ3) is 3.62. The molecular formula is C15H19N5O3S. The number of amides is 2. The number of aliphatic hydroxyl groups is 1. The minimum atomic E-state index is -1.01. The van der Waals surface area contributed by atoms with E-state index in [1.165, 1.54) is 6.92 Å². The number of aromatic nitrogens is 3. The number of thiophene rings is 1. The second kappa shape index (κ2) is 7.10. The van der Waals surface area contributed by atoms with E-state index in [0.29, 0.717) is 38.4 Å². The van der Waals surface area contributed by atoms with Gasteiger partial charge in [0.1, 0.15) is 6.10 Å². The number of hydrogen-bond acceptors (Lipinski definition) is 6. The Labute approximate surface area is 143 Å². The average Bonchev–Trinajstić information content (AvgIpc) is 3.26. The van der Waals surface area contributed by atoms with Crippen LogP contribution in [0.2, 0.25) is 0 Å². The van der Waals surface area contributed by atoms with Gasteiger partial charge in [-0.15, -0.1) is 16.4 Å². The minimum absolute atomic E-state index is 0.184. The van der Waals surface area contributed by atoms with Crippen LogP contribution < -0.4 is 0 Å². The van der Waals surface area contributed by atoms with Crippen LogP contribution in [0.15, 0.2) is 23.7 Å². The molecule has 2 amide bonds. The number of hydrogen-bond donors (Lipinski definition) is 1. The summed E-state index contributed by atoms with van der Waals surface area (Å²) in [5, 5.41) is 19.3. The molecule has 2 aromatic heterocycles. The van der Waals surface area contributed by atoms with Gasteiger partial charge in [0.2, 0.25) is 0 Å². The van der Waals surface area contributed by atoms with Crippen molar-refractivity contribution in [1.29, 1.82) is 0 Å². The van der Waals surface area contributed by atoms with E-state index in [1.54, 1.807) is 32.0 Å². The largest absolute Gasteiger partial charge is 0.384 e. The molecule has 1 aliphatic heterocycles. The van der Waals surface area contributed by atoms with Crippen LogP contribution in [0.1, 0.15) is 22.3 Å². The van der Waals surface area contributed by atoms with Crippen LogP contribution >= 0.6 is 11.3 Å². The molecule has 1 saturated heterocycles. The summed E-state index contributed by atoms with van der Waals surface area (Å²) in [6, 6.07) is 3.98. The van der Waals surface area contributed by atoms with E-state index in [4.69, 9.17) is 0 Å². The lowest BCUT2D eigenvalue weighted by Crippen LogP contribution is -2.52. The van der Waals surface area contributed by atoms with Gasteiger partial charge >= 0.3 is 0 Å². The predicted molar refractivity (Wildman–Crippen MR) is 87.6 cm³/mol. The highest BCUT2D eigenvalue weighted by Crippen LogP contribution is 2.11. The Morgan fingerprint density at radius 2 is 2.00 bits per heavy atom. The summed E-state index contributed by atoms with van der Waals surface area (Å²) in [6.07, 6.45) is 0.638. The number of rotatable bonds is 4. The lowest BCUT2D eigenvalue weighted by atomic mass is 10.2. The van der Waals surface area contributed by atoms with Crippen LogP contribution in [0, 0.1) is 0 Å². The lowest BCUT2D eigenvalue weighted by molar-refractivity contribution is -0.140. The third-order valence-electron chi connectivity index (χ3n) is 3.89. The second-order valence-corrected chi connectivity index (χ2v) is 6.71. The summed E-state index contributed by atoms with van der Waals surface area (Å²) in [6.45, 7) is 3.72. The van der Waals surface area contributed by atoms with Crippen molar-refractivity contribution in [2.45, 2.75) is 19.6 Å². The summed E-state index contributed by atoms with van der Waals surface area (Å²) in [5.41, 5.74) is 0.307. The fourth-order valence-electron chi connectivity index (χ4n) is 2.59. The summed E-state index contributed by atoms with van der Waals surface area (Å²) < 4.78 is 1.65. The third-order valence-corrected chi connectivity index (χ3v) is 4.75. The standard InChI is InChI=1S/C15H19N5O3S/c1-11(21)14(22)18-4-6-19(7-5-18)15(23)13-10-20(17-16-13)9-12-3-2-8-24-12/h2-3,8,10-11,21H,4-7,9H2,1H3. The zero-order valence-electron chi connectivity index (χ0n) is 13.3. The average molecular weight is 349 g/mol. The molecule has 2 aromatic rings. The normalized spacial score (nSPS) is 16.2.